The standard InChI is InChI=1S/C23H22N4O3S/c1-2-30-23(29)18-19(28)15-11-25-20(12-7-13-9-24-10-14(13)8-12)26-21(15)27-16-5-3-4-6-17(16)31-22(18)27/h3-6,11-14,24H,2,7-10H2,1H3. The summed E-state index contributed by atoms with van der Waals surface area (Å²) in [5, 5.41) is 3.83. The van der Waals surface area contributed by atoms with Gasteiger partial charge in [-0.1, -0.05) is 12.1 Å². The third-order valence-corrected chi connectivity index (χ3v) is 7.84. The number of carbonyl (C=O) groups excluding carboxylic acids is 1. The zero-order chi connectivity index (χ0) is 21.1. The number of fused-ring (bicyclic) bond motifs is 6. The number of nitrogens with zero attached hydrogens (tertiary/aromatic N) is 3. The lowest BCUT2D eigenvalue weighted by Crippen LogP contribution is -2.21. The summed E-state index contributed by atoms with van der Waals surface area (Å²) >= 11 is 1.42. The first-order valence-electron chi connectivity index (χ1n) is 10.8. The largest absolute Gasteiger partial charge is 0.462 e. The fraction of sp³-hybridized carbons (Fsp3) is 0.391. The van der Waals surface area contributed by atoms with Crippen LogP contribution in [0.3, 0.4) is 0 Å². The van der Waals surface area contributed by atoms with Crippen molar-refractivity contribution >= 4 is 43.4 Å². The molecule has 2 unspecified atom stereocenters. The molecule has 6 rings (SSSR count). The van der Waals surface area contributed by atoms with Gasteiger partial charge in [0.1, 0.15) is 16.2 Å². The van der Waals surface area contributed by atoms with Crippen molar-refractivity contribution < 1.29 is 9.53 Å². The van der Waals surface area contributed by atoms with Gasteiger partial charge in [-0.25, -0.2) is 14.8 Å². The first kappa shape index (κ1) is 18.9. The molecule has 8 heteroatoms. The minimum atomic E-state index is -0.598. The highest BCUT2D eigenvalue weighted by molar-refractivity contribution is 7.24. The van der Waals surface area contributed by atoms with E-state index in [9.17, 15) is 9.59 Å². The maximum absolute atomic E-state index is 13.3. The van der Waals surface area contributed by atoms with Gasteiger partial charge in [-0.3, -0.25) is 9.20 Å². The molecule has 0 radical (unpaired) electrons. The lowest BCUT2D eigenvalue weighted by Gasteiger charge is -2.12. The van der Waals surface area contributed by atoms with Crippen molar-refractivity contribution in [3.63, 3.8) is 0 Å². The summed E-state index contributed by atoms with van der Waals surface area (Å²) in [7, 11) is 0. The Balaban J connectivity index is 1.62. The van der Waals surface area contributed by atoms with E-state index < -0.39 is 5.97 Å². The van der Waals surface area contributed by atoms with E-state index in [1.807, 2.05) is 28.7 Å². The Bertz CT molecular complexity index is 1400. The Kier molecular flexibility index (Phi) is 4.33. The Morgan fingerprint density at radius 1 is 1.26 bits per heavy atom. The van der Waals surface area contributed by atoms with E-state index in [0.717, 1.165) is 42.0 Å². The molecule has 3 aromatic heterocycles. The fourth-order valence-electron chi connectivity index (χ4n) is 5.27. The third kappa shape index (κ3) is 2.81. The molecule has 2 fully saturated rings. The van der Waals surface area contributed by atoms with Gasteiger partial charge in [-0.15, -0.1) is 11.3 Å². The average Bonchev–Trinajstić information content (AvgIpc) is 3.47. The molecule has 0 bridgehead atoms. The van der Waals surface area contributed by atoms with E-state index in [-0.39, 0.29) is 17.6 Å². The van der Waals surface area contributed by atoms with Crippen LogP contribution in [0.25, 0.3) is 26.1 Å². The van der Waals surface area contributed by atoms with E-state index in [1.165, 1.54) is 11.3 Å². The van der Waals surface area contributed by atoms with Crippen molar-refractivity contribution in [3.8, 4) is 0 Å². The van der Waals surface area contributed by atoms with E-state index >= 15 is 0 Å². The molecule has 31 heavy (non-hydrogen) atoms. The molecule has 4 aromatic rings. The molecule has 158 valence electrons. The van der Waals surface area contributed by atoms with Gasteiger partial charge in [0, 0.05) is 12.1 Å². The number of esters is 1. The molecule has 1 aromatic carbocycles. The van der Waals surface area contributed by atoms with Crippen LogP contribution < -0.4 is 10.7 Å². The first-order valence-corrected chi connectivity index (χ1v) is 11.6. The van der Waals surface area contributed by atoms with Crippen molar-refractivity contribution in [2.24, 2.45) is 11.8 Å². The highest BCUT2D eigenvalue weighted by Gasteiger charge is 2.39. The maximum Gasteiger partial charge on any atom is 0.345 e. The third-order valence-electron chi connectivity index (χ3n) is 6.70. The number of carbonyl (C=O) groups is 1. The zero-order valence-electron chi connectivity index (χ0n) is 17.1. The van der Waals surface area contributed by atoms with Crippen LogP contribution in [-0.2, 0) is 4.74 Å². The molecule has 7 nitrogen and oxygen atoms in total. The maximum atomic E-state index is 13.3. The number of thiazole rings is 1. The van der Waals surface area contributed by atoms with Crippen LogP contribution in [0.4, 0.5) is 0 Å². The summed E-state index contributed by atoms with van der Waals surface area (Å²) in [6, 6.07) is 7.89. The Morgan fingerprint density at radius 3 is 2.81 bits per heavy atom. The molecule has 1 aliphatic heterocycles. The fourth-order valence-corrected chi connectivity index (χ4v) is 6.44. The van der Waals surface area contributed by atoms with Gasteiger partial charge >= 0.3 is 5.97 Å². The molecular weight excluding hydrogens is 412 g/mol. The van der Waals surface area contributed by atoms with Gasteiger partial charge in [-0.05, 0) is 56.8 Å². The predicted octanol–water partition coefficient (Wildman–Crippen LogP) is 3.35. The minimum Gasteiger partial charge on any atom is -0.462 e. The van der Waals surface area contributed by atoms with E-state index in [2.05, 4.69) is 10.3 Å². The molecule has 4 heterocycles. The summed E-state index contributed by atoms with van der Waals surface area (Å²) in [6.45, 7) is 4.08. The number of hydrogen-bond acceptors (Lipinski definition) is 7. The molecular formula is C23H22N4O3S. The topological polar surface area (TPSA) is 85.6 Å². The van der Waals surface area contributed by atoms with Crippen molar-refractivity contribution in [2.45, 2.75) is 25.7 Å². The highest BCUT2D eigenvalue weighted by atomic mass is 32.1. The van der Waals surface area contributed by atoms with Crippen LogP contribution in [0.2, 0.25) is 0 Å². The molecule has 2 aliphatic rings. The van der Waals surface area contributed by atoms with E-state index in [4.69, 9.17) is 9.72 Å². The van der Waals surface area contributed by atoms with Crippen LogP contribution in [-0.4, -0.2) is 40.0 Å². The van der Waals surface area contributed by atoms with E-state index in [1.54, 1.807) is 13.1 Å². The van der Waals surface area contributed by atoms with Gasteiger partial charge in [0.2, 0.25) is 5.43 Å². The number of nitrogens with one attached hydrogen (secondary N) is 1. The Morgan fingerprint density at radius 2 is 2.03 bits per heavy atom. The lowest BCUT2D eigenvalue weighted by atomic mass is 10.0. The Labute approximate surface area is 182 Å². The monoisotopic (exact) mass is 434 g/mol. The van der Waals surface area contributed by atoms with Crippen molar-refractivity contribution in [2.75, 3.05) is 19.7 Å². The van der Waals surface area contributed by atoms with Crippen LogP contribution in [0.5, 0.6) is 0 Å². The summed E-state index contributed by atoms with van der Waals surface area (Å²) in [4.78, 5) is 36.2. The lowest BCUT2D eigenvalue weighted by molar-refractivity contribution is 0.0527. The van der Waals surface area contributed by atoms with Gasteiger partial charge < -0.3 is 10.1 Å². The van der Waals surface area contributed by atoms with Crippen LogP contribution >= 0.6 is 11.3 Å². The van der Waals surface area contributed by atoms with Gasteiger partial charge in [0.25, 0.3) is 0 Å². The van der Waals surface area contributed by atoms with Crippen LogP contribution in [0.15, 0.2) is 35.3 Å². The number of para-hydroxylation sites is 1. The van der Waals surface area contributed by atoms with Crippen molar-refractivity contribution in [1.82, 2.24) is 19.7 Å². The number of hydrogen-bond donors (Lipinski definition) is 1. The zero-order valence-corrected chi connectivity index (χ0v) is 17.9. The van der Waals surface area contributed by atoms with Gasteiger partial charge in [-0.2, -0.15) is 0 Å². The van der Waals surface area contributed by atoms with Crippen molar-refractivity contribution in [1.29, 1.82) is 0 Å². The van der Waals surface area contributed by atoms with Gasteiger partial charge in [0.05, 0.1) is 22.2 Å². The van der Waals surface area contributed by atoms with Crippen LogP contribution in [0.1, 0.15) is 41.9 Å². The molecule has 0 spiro atoms. The Hall–Kier alpha value is -2.84. The van der Waals surface area contributed by atoms with Crippen molar-refractivity contribution in [3.05, 3.63) is 52.1 Å². The number of ether oxygens (including phenoxy) is 1. The SMILES string of the molecule is CCOC(=O)c1c(=O)c2cnc(C3CC4CNCC4C3)nc2n2c1sc1ccccc12. The number of benzene rings is 1. The number of aromatic nitrogens is 3. The average molecular weight is 435 g/mol. The quantitative estimate of drug-likeness (QED) is 0.498. The first-order chi connectivity index (χ1) is 15.2. The molecule has 2 atom stereocenters. The number of rotatable bonds is 3. The summed E-state index contributed by atoms with van der Waals surface area (Å²) in [6.07, 6.45) is 3.76. The molecule has 1 aliphatic carbocycles. The number of pyridine rings is 1. The summed E-state index contributed by atoms with van der Waals surface area (Å²) in [5.41, 5.74) is 1.20. The molecule has 1 saturated carbocycles. The second-order valence-electron chi connectivity index (χ2n) is 8.45. The van der Waals surface area contributed by atoms with E-state index in [0.29, 0.717) is 33.6 Å². The predicted molar refractivity (Wildman–Crippen MR) is 120 cm³/mol. The molecule has 0 amide bonds. The summed E-state index contributed by atoms with van der Waals surface area (Å²) < 4.78 is 8.14. The molecule has 1 N–H and O–H groups in total. The van der Waals surface area contributed by atoms with Gasteiger partial charge in [0.15, 0.2) is 5.65 Å². The second-order valence-corrected chi connectivity index (χ2v) is 9.48. The smallest absolute Gasteiger partial charge is 0.345 e. The second kappa shape index (κ2) is 7.10. The summed E-state index contributed by atoms with van der Waals surface area (Å²) in [5.74, 6) is 1.87. The minimum absolute atomic E-state index is 0.0633. The van der Waals surface area contributed by atoms with Crippen LogP contribution in [0, 0.1) is 11.8 Å². The normalized spacial score (nSPS) is 23.1. The molecule has 1 saturated heterocycles. The highest BCUT2D eigenvalue weighted by Crippen LogP contribution is 2.43.